The summed E-state index contributed by atoms with van der Waals surface area (Å²) in [5, 5.41) is 9.06. The van der Waals surface area contributed by atoms with Crippen molar-refractivity contribution in [3.63, 3.8) is 0 Å². The maximum atomic E-state index is 13.4. The predicted molar refractivity (Wildman–Crippen MR) is 62.9 cm³/mol. The number of hydrogen-bond acceptors (Lipinski definition) is 3. The Morgan fingerprint density at radius 2 is 2.18 bits per heavy atom. The minimum Gasteiger partial charge on any atom is -0.392 e. The molecule has 0 aliphatic carbocycles. The molecule has 0 fully saturated rings. The highest BCUT2D eigenvalue weighted by molar-refractivity contribution is 7.89. The van der Waals surface area contributed by atoms with E-state index in [1.54, 1.807) is 6.92 Å². The van der Waals surface area contributed by atoms with Gasteiger partial charge >= 0.3 is 0 Å². The van der Waals surface area contributed by atoms with Crippen molar-refractivity contribution in [1.29, 1.82) is 0 Å². The molecule has 1 aromatic rings. The molecule has 4 nitrogen and oxygen atoms in total. The van der Waals surface area contributed by atoms with E-state index in [4.69, 9.17) is 11.6 Å². The molecule has 0 bridgehead atoms. The third kappa shape index (κ3) is 3.64. The van der Waals surface area contributed by atoms with Gasteiger partial charge in [-0.3, -0.25) is 0 Å². The summed E-state index contributed by atoms with van der Waals surface area (Å²) in [6.45, 7) is 1.53. The first kappa shape index (κ1) is 14.4. The summed E-state index contributed by atoms with van der Waals surface area (Å²) in [4.78, 5) is -0.593. The number of aliphatic hydroxyl groups is 1. The summed E-state index contributed by atoms with van der Waals surface area (Å²) in [5.41, 5.74) is 0. The molecule has 0 aromatic heterocycles. The van der Waals surface area contributed by atoms with Crippen molar-refractivity contribution >= 4 is 21.6 Å². The lowest BCUT2D eigenvalue weighted by atomic mass is 10.3. The SMILES string of the molecule is CCC(O)CNS(=O)(=O)c1c(F)cccc1Cl. The highest BCUT2D eigenvalue weighted by Gasteiger charge is 2.22. The number of sulfonamides is 1. The first-order valence-corrected chi connectivity index (χ1v) is 6.86. The van der Waals surface area contributed by atoms with Crippen LogP contribution in [0.2, 0.25) is 5.02 Å². The van der Waals surface area contributed by atoms with Crippen LogP contribution in [0, 0.1) is 5.82 Å². The summed E-state index contributed by atoms with van der Waals surface area (Å²) in [6, 6.07) is 3.61. The van der Waals surface area contributed by atoms with E-state index in [1.165, 1.54) is 12.1 Å². The molecule has 96 valence electrons. The van der Waals surface area contributed by atoms with Gasteiger partial charge in [0, 0.05) is 6.54 Å². The minimum atomic E-state index is -4.04. The number of benzene rings is 1. The molecule has 0 heterocycles. The van der Waals surface area contributed by atoms with Gasteiger partial charge in [-0.05, 0) is 18.6 Å². The Labute approximate surface area is 104 Å². The monoisotopic (exact) mass is 281 g/mol. The molecule has 0 saturated carbocycles. The molecule has 17 heavy (non-hydrogen) atoms. The zero-order chi connectivity index (χ0) is 13.1. The second kappa shape index (κ2) is 5.77. The normalized spacial score (nSPS) is 13.6. The van der Waals surface area contributed by atoms with E-state index in [0.717, 1.165) is 6.07 Å². The van der Waals surface area contributed by atoms with Crippen molar-refractivity contribution in [3.05, 3.63) is 29.0 Å². The lowest BCUT2D eigenvalue weighted by Gasteiger charge is -2.11. The Balaban J connectivity index is 2.98. The number of halogens is 2. The van der Waals surface area contributed by atoms with E-state index in [2.05, 4.69) is 4.72 Å². The number of hydrogen-bond donors (Lipinski definition) is 2. The zero-order valence-corrected chi connectivity index (χ0v) is 10.7. The Bertz CT molecular complexity index is 472. The Hall–Kier alpha value is -0.690. The molecule has 0 amide bonds. The van der Waals surface area contributed by atoms with Crippen LogP contribution >= 0.6 is 11.6 Å². The third-order valence-electron chi connectivity index (χ3n) is 2.17. The van der Waals surface area contributed by atoms with E-state index in [-0.39, 0.29) is 11.6 Å². The topological polar surface area (TPSA) is 66.4 Å². The van der Waals surface area contributed by atoms with Crippen molar-refractivity contribution in [1.82, 2.24) is 4.72 Å². The zero-order valence-electron chi connectivity index (χ0n) is 9.15. The molecular formula is C10H13ClFNO3S. The number of aliphatic hydroxyl groups excluding tert-OH is 1. The van der Waals surface area contributed by atoms with E-state index in [0.29, 0.717) is 6.42 Å². The summed E-state index contributed by atoms with van der Waals surface area (Å²) >= 11 is 5.64. The fourth-order valence-corrected chi connectivity index (χ4v) is 2.84. The molecule has 0 spiro atoms. The van der Waals surface area contributed by atoms with E-state index in [1.807, 2.05) is 0 Å². The smallest absolute Gasteiger partial charge is 0.245 e. The molecule has 1 rings (SSSR count). The fourth-order valence-electron chi connectivity index (χ4n) is 1.16. The number of rotatable bonds is 5. The van der Waals surface area contributed by atoms with Crippen molar-refractivity contribution in [2.45, 2.75) is 24.3 Å². The second-order valence-corrected chi connectivity index (χ2v) is 5.58. The quantitative estimate of drug-likeness (QED) is 0.860. The minimum absolute atomic E-state index is 0.177. The van der Waals surface area contributed by atoms with Gasteiger partial charge in [-0.15, -0.1) is 0 Å². The van der Waals surface area contributed by atoms with Crippen LogP contribution < -0.4 is 4.72 Å². The van der Waals surface area contributed by atoms with Gasteiger partial charge in [0.15, 0.2) is 0 Å². The lowest BCUT2D eigenvalue weighted by Crippen LogP contribution is -2.32. The van der Waals surface area contributed by atoms with E-state index < -0.39 is 26.8 Å². The van der Waals surface area contributed by atoms with Gasteiger partial charge < -0.3 is 5.11 Å². The van der Waals surface area contributed by atoms with Crippen LogP contribution in [0.5, 0.6) is 0 Å². The van der Waals surface area contributed by atoms with Crippen LogP contribution in [-0.4, -0.2) is 26.2 Å². The van der Waals surface area contributed by atoms with Crippen molar-refractivity contribution < 1.29 is 17.9 Å². The molecule has 1 atom stereocenters. The molecular weight excluding hydrogens is 269 g/mol. The third-order valence-corrected chi connectivity index (χ3v) is 4.09. The fraction of sp³-hybridized carbons (Fsp3) is 0.400. The van der Waals surface area contributed by atoms with E-state index >= 15 is 0 Å². The van der Waals surface area contributed by atoms with Crippen LogP contribution in [0.4, 0.5) is 4.39 Å². The largest absolute Gasteiger partial charge is 0.392 e. The highest BCUT2D eigenvalue weighted by Crippen LogP contribution is 2.23. The lowest BCUT2D eigenvalue weighted by molar-refractivity contribution is 0.174. The first-order valence-electron chi connectivity index (χ1n) is 5.00. The van der Waals surface area contributed by atoms with Crippen LogP contribution in [-0.2, 0) is 10.0 Å². The Morgan fingerprint density at radius 1 is 1.53 bits per heavy atom. The predicted octanol–water partition coefficient (Wildman–Crippen LogP) is 1.53. The molecule has 0 aliphatic heterocycles. The Kier molecular flexibility index (Phi) is 4.88. The highest BCUT2D eigenvalue weighted by atomic mass is 35.5. The number of nitrogens with one attached hydrogen (secondary N) is 1. The van der Waals surface area contributed by atoms with Crippen LogP contribution in [0.15, 0.2) is 23.1 Å². The average molecular weight is 282 g/mol. The van der Waals surface area contributed by atoms with Crippen molar-refractivity contribution in [2.75, 3.05) is 6.54 Å². The van der Waals surface area contributed by atoms with Gasteiger partial charge in [-0.1, -0.05) is 24.6 Å². The van der Waals surface area contributed by atoms with Crippen molar-refractivity contribution in [2.24, 2.45) is 0 Å². The van der Waals surface area contributed by atoms with Gasteiger partial charge in [0.25, 0.3) is 0 Å². The van der Waals surface area contributed by atoms with Crippen LogP contribution in [0.25, 0.3) is 0 Å². The second-order valence-electron chi connectivity index (χ2n) is 3.46. The summed E-state index contributed by atoms with van der Waals surface area (Å²) in [7, 11) is -4.04. The molecule has 0 aliphatic rings. The molecule has 7 heteroatoms. The van der Waals surface area contributed by atoms with Gasteiger partial charge in [-0.25, -0.2) is 17.5 Å². The molecule has 1 unspecified atom stereocenters. The van der Waals surface area contributed by atoms with Gasteiger partial charge in [0.1, 0.15) is 10.7 Å². The van der Waals surface area contributed by atoms with Crippen molar-refractivity contribution in [3.8, 4) is 0 Å². The first-order chi connectivity index (χ1) is 7.88. The summed E-state index contributed by atoms with van der Waals surface area (Å²) in [5.74, 6) is -0.920. The molecule has 2 N–H and O–H groups in total. The van der Waals surface area contributed by atoms with Gasteiger partial charge in [-0.2, -0.15) is 0 Å². The summed E-state index contributed by atoms with van der Waals surface area (Å²) < 4.78 is 39.0. The summed E-state index contributed by atoms with van der Waals surface area (Å²) in [6.07, 6.45) is -0.414. The molecule has 1 aromatic carbocycles. The maximum absolute atomic E-state index is 13.4. The maximum Gasteiger partial charge on any atom is 0.245 e. The van der Waals surface area contributed by atoms with Crippen LogP contribution in [0.1, 0.15) is 13.3 Å². The Morgan fingerprint density at radius 3 is 2.71 bits per heavy atom. The van der Waals surface area contributed by atoms with Gasteiger partial charge in [0.05, 0.1) is 11.1 Å². The van der Waals surface area contributed by atoms with Crippen LogP contribution in [0.3, 0.4) is 0 Å². The molecule has 0 saturated heterocycles. The van der Waals surface area contributed by atoms with Gasteiger partial charge in [0.2, 0.25) is 10.0 Å². The molecule has 0 radical (unpaired) electrons. The standard InChI is InChI=1S/C10H13ClFNO3S/c1-2-7(14)6-13-17(15,16)10-8(11)4-3-5-9(10)12/h3-5,7,13-14H,2,6H2,1H3. The average Bonchev–Trinajstić information content (AvgIpc) is 2.25. The van der Waals surface area contributed by atoms with E-state index in [9.17, 15) is 17.9 Å².